The summed E-state index contributed by atoms with van der Waals surface area (Å²) in [6, 6.07) is 3.68. The summed E-state index contributed by atoms with van der Waals surface area (Å²) in [6.45, 7) is 0. The first-order valence-corrected chi connectivity index (χ1v) is 8.16. The third-order valence-corrected chi connectivity index (χ3v) is 6.07. The Hall–Kier alpha value is -1.11. The molecular formula is C13H16ClNO4S. The Bertz CT molecular complexity index is 623. The largest absolute Gasteiger partial charge is 0.478 e. The monoisotopic (exact) mass is 317 g/mol. The number of hydrogen-bond donors (Lipinski definition) is 1. The molecule has 0 saturated heterocycles. The lowest BCUT2D eigenvalue weighted by Gasteiger charge is -2.24. The predicted molar refractivity (Wildman–Crippen MR) is 75.6 cm³/mol. The van der Waals surface area contributed by atoms with Gasteiger partial charge < -0.3 is 5.11 Å². The smallest absolute Gasteiger partial charge is 0.335 e. The van der Waals surface area contributed by atoms with Crippen LogP contribution in [0.25, 0.3) is 0 Å². The first-order valence-electron chi connectivity index (χ1n) is 6.35. The van der Waals surface area contributed by atoms with E-state index in [-0.39, 0.29) is 21.5 Å². The molecule has 5 nitrogen and oxygen atoms in total. The van der Waals surface area contributed by atoms with Gasteiger partial charge in [0.05, 0.1) is 10.6 Å². The van der Waals surface area contributed by atoms with E-state index < -0.39 is 16.0 Å². The molecule has 1 aromatic carbocycles. The third kappa shape index (κ3) is 2.82. The van der Waals surface area contributed by atoms with Gasteiger partial charge in [-0.3, -0.25) is 0 Å². The molecule has 0 heterocycles. The fourth-order valence-corrected chi connectivity index (χ4v) is 4.37. The highest BCUT2D eigenvalue weighted by molar-refractivity contribution is 7.89. The van der Waals surface area contributed by atoms with Crippen molar-refractivity contribution in [1.82, 2.24) is 4.31 Å². The Morgan fingerprint density at radius 2 is 1.95 bits per heavy atom. The highest BCUT2D eigenvalue weighted by Gasteiger charge is 2.31. The van der Waals surface area contributed by atoms with E-state index in [0.717, 1.165) is 31.7 Å². The Labute approximate surface area is 123 Å². The minimum atomic E-state index is -3.77. The van der Waals surface area contributed by atoms with Gasteiger partial charge in [-0.2, -0.15) is 4.31 Å². The van der Waals surface area contributed by atoms with E-state index in [0.29, 0.717) is 0 Å². The van der Waals surface area contributed by atoms with Crippen LogP contribution >= 0.6 is 11.6 Å². The molecule has 0 radical (unpaired) electrons. The second-order valence-corrected chi connectivity index (χ2v) is 7.28. The van der Waals surface area contributed by atoms with Crippen molar-refractivity contribution >= 4 is 27.6 Å². The molecule has 1 N–H and O–H groups in total. The van der Waals surface area contributed by atoms with Crippen molar-refractivity contribution in [2.45, 2.75) is 36.6 Å². The van der Waals surface area contributed by atoms with E-state index >= 15 is 0 Å². The van der Waals surface area contributed by atoms with Crippen molar-refractivity contribution < 1.29 is 18.3 Å². The first-order chi connectivity index (χ1) is 9.34. The van der Waals surface area contributed by atoms with Crippen molar-refractivity contribution in [1.29, 1.82) is 0 Å². The van der Waals surface area contributed by atoms with Gasteiger partial charge in [0.25, 0.3) is 0 Å². The second kappa shape index (κ2) is 5.71. The maximum Gasteiger partial charge on any atom is 0.335 e. The molecule has 0 aromatic heterocycles. The quantitative estimate of drug-likeness (QED) is 0.926. The summed E-state index contributed by atoms with van der Waals surface area (Å²) in [4.78, 5) is 10.8. The molecular weight excluding hydrogens is 302 g/mol. The molecule has 7 heteroatoms. The molecule has 2 rings (SSSR count). The molecule has 0 amide bonds. The van der Waals surface area contributed by atoms with Crippen LogP contribution in [0.15, 0.2) is 23.1 Å². The van der Waals surface area contributed by atoms with Crippen LogP contribution in [0.3, 0.4) is 0 Å². The van der Waals surface area contributed by atoms with Crippen molar-refractivity contribution in [2.24, 2.45) is 0 Å². The third-order valence-electron chi connectivity index (χ3n) is 3.67. The number of sulfonamides is 1. The van der Waals surface area contributed by atoms with Gasteiger partial charge in [-0.25, -0.2) is 13.2 Å². The van der Waals surface area contributed by atoms with E-state index in [1.807, 2.05) is 0 Å². The molecule has 1 aromatic rings. The molecule has 0 bridgehead atoms. The summed E-state index contributed by atoms with van der Waals surface area (Å²) in [5.74, 6) is -1.18. The predicted octanol–water partition coefficient (Wildman–Crippen LogP) is 2.60. The molecule has 20 heavy (non-hydrogen) atoms. The van der Waals surface area contributed by atoms with Gasteiger partial charge >= 0.3 is 5.97 Å². The molecule has 110 valence electrons. The first kappa shape index (κ1) is 15.3. The Morgan fingerprint density at radius 3 is 2.50 bits per heavy atom. The molecule has 0 atom stereocenters. The van der Waals surface area contributed by atoms with E-state index in [1.165, 1.54) is 23.5 Å². The molecule has 0 aliphatic heterocycles. The maximum absolute atomic E-state index is 12.6. The number of rotatable bonds is 4. The summed E-state index contributed by atoms with van der Waals surface area (Å²) >= 11 is 5.94. The number of halogens is 1. The number of benzene rings is 1. The minimum absolute atomic E-state index is 0.0375. The van der Waals surface area contributed by atoms with Crippen LogP contribution in [-0.4, -0.2) is 36.9 Å². The normalized spacial score (nSPS) is 16.8. The summed E-state index contributed by atoms with van der Waals surface area (Å²) in [5, 5.41) is 9.01. The van der Waals surface area contributed by atoms with Crippen LogP contribution in [0.5, 0.6) is 0 Å². The molecule has 1 fully saturated rings. The van der Waals surface area contributed by atoms with Crippen molar-refractivity contribution in [3.63, 3.8) is 0 Å². The maximum atomic E-state index is 12.6. The molecule has 1 aliphatic rings. The number of carboxylic acids is 1. The van der Waals surface area contributed by atoms with Gasteiger partial charge in [0.15, 0.2) is 0 Å². The molecule has 1 aliphatic carbocycles. The van der Waals surface area contributed by atoms with Crippen LogP contribution in [0.4, 0.5) is 0 Å². The van der Waals surface area contributed by atoms with Crippen molar-refractivity contribution in [2.75, 3.05) is 7.05 Å². The second-order valence-electron chi connectivity index (χ2n) is 4.91. The lowest BCUT2D eigenvalue weighted by molar-refractivity contribution is 0.0696. The standard InChI is InChI=1S/C13H16ClNO4S/c1-15(10-4-2-3-5-10)20(18,19)12-8-9(13(16)17)6-7-11(12)14/h6-8,10H,2-5H2,1H3,(H,16,17). The van der Waals surface area contributed by atoms with Gasteiger partial charge in [-0.05, 0) is 31.0 Å². The van der Waals surface area contributed by atoms with Crippen LogP contribution < -0.4 is 0 Å². The van der Waals surface area contributed by atoms with Crippen molar-refractivity contribution in [3.05, 3.63) is 28.8 Å². The topological polar surface area (TPSA) is 74.7 Å². The Balaban J connectivity index is 2.42. The zero-order chi connectivity index (χ0) is 14.9. The van der Waals surface area contributed by atoms with Gasteiger partial charge in [0.2, 0.25) is 10.0 Å². The molecule has 0 unspecified atom stereocenters. The average Bonchev–Trinajstić information content (AvgIpc) is 2.91. The lowest BCUT2D eigenvalue weighted by Crippen LogP contribution is -2.35. The highest BCUT2D eigenvalue weighted by Crippen LogP contribution is 2.30. The number of carboxylic acid groups (broad SMARTS) is 1. The van der Waals surface area contributed by atoms with Gasteiger partial charge in [0.1, 0.15) is 4.90 Å². The molecule has 1 saturated carbocycles. The van der Waals surface area contributed by atoms with E-state index in [9.17, 15) is 13.2 Å². The van der Waals surface area contributed by atoms with E-state index in [2.05, 4.69) is 0 Å². The van der Waals surface area contributed by atoms with Crippen LogP contribution in [0.2, 0.25) is 5.02 Å². The molecule has 0 spiro atoms. The average molecular weight is 318 g/mol. The van der Waals surface area contributed by atoms with Gasteiger partial charge in [-0.15, -0.1) is 0 Å². The SMILES string of the molecule is CN(C1CCCC1)S(=O)(=O)c1cc(C(=O)O)ccc1Cl. The zero-order valence-electron chi connectivity index (χ0n) is 11.0. The van der Waals surface area contributed by atoms with Gasteiger partial charge in [-0.1, -0.05) is 24.4 Å². The van der Waals surface area contributed by atoms with E-state index in [4.69, 9.17) is 16.7 Å². The summed E-state index contributed by atoms with van der Waals surface area (Å²) in [6.07, 6.45) is 3.67. The summed E-state index contributed by atoms with van der Waals surface area (Å²) < 4.78 is 26.4. The summed E-state index contributed by atoms with van der Waals surface area (Å²) in [7, 11) is -2.25. The zero-order valence-corrected chi connectivity index (χ0v) is 12.6. The van der Waals surface area contributed by atoms with Gasteiger partial charge in [0, 0.05) is 13.1 Å². The number of hydrogen-bond acceptors (Lipinski definition) is 3. The Kier molecular flexibility index (Phi) is 4.36. The minimum Gasteiger partial charge on any atom is -0.478 e. The number of nitrogens with zero attached hydrogens (tertiary/aromatic N) is 1. The van der Waals surface area contributed by atoms with Crippen molar-refractivity contribution in [3.8, 4) is 0 Å². The van der Waals surface area contributed by atoms with Crippen LogP contribution in [0.1, 0.15) is 36.0 Å². The Morgan fingerprint density at radius 1 is 1.35 bits per heavy atom. The number of carbonyl (C=O) groups is 1. The highest BCUT2D eigenvalue weighted by atomic mass is 35.5. The number of aromatic carboxylic acids is 1. The van der Waals surface area contributed by atoms with Crippen LogP contribution in [0, 0.1) is 0 Å². The van der Waals surface area contributed by atoms with E-state index in [1.54, 1.807) is 0 Å². The van der Waals surface area contributed by atoms with Crippen LogP contribution in [-0.2, 0) is 10.0 Å². The summed E-state index contributed by atoms with van der Waals surface area (Å²) in [5.41, 5.74) is -0.0900. The fourth-order valence-electron chi connectivity index (χ4n) is 2.45. The lowest BCUT2D eigenvalue weighted by atomic mass is 10.2. The fraction of sp³-hybridized carbons (Fsp3) is 0.462.